The number of aromatic nitrogens is 1. The fraction of sp³-hybridized carbons (Fsp3) is 0.250. The molecule has 0 aliphatic rings. The van der Waals surface area contributed by atoms with Gasteiger partial charge >= 0.3 is 0 Å². The SMILES string of the molecule is CCc1nc(-c2ccc(OC)cc2)c(-c2ccc(OCCN)cc2)o1. The van der Waals surface area contributed by atoms with Gasteiger partial charge in [-0.2, -0.15) is 0 Å². The number of ether oxygens (including phenoxy) is 2. The van der Waals surface area contributed by atoms with Crippen LogP contribution < -0.4 is 15.2 Å². The monoisotopic (exact) mass is 338 g/mol. The van der Waals surface area contributed by atoms with E-state index in [1.54, 1.807) is 7.11 Å². The lowest BCUT2D eigenvalue weighted by atomic mass is 10.1. The summed E-state index contributed by atoms with van der Waals surface area (Å²) in [5, 5.41) is 0. The van der Waals surface area contributed by atoms with Crippen molar-refractivity contribution in [1.82, 2.24) is 4.98 Å². The van der Waals surface area contributed by atoms with Crippen LogP contribution in [0.1, 0.15) is 12.8 Å². The van der Waals surface area contributed by atoms with Crippen LogP contribution in [0.5, 0.6) is 11.5 Å². The van der Waals surface area contributed by atoms with Crippen LogP contribution in [0.3, 0.4) is 0 Å². The summed E-state index contributed by atoms with van der Waals surface area (Å²) in [6, 6.07) is 15.6. The Morgan fingerprint density at radius 1 is 0.960 bits per heavy atom. The average Bonchev–Trinajstić information content (AvgIpc) is 3.11. The molecule has 3 aromatic rings. The van der Waals surface area contributed by atoms with Crippen molar-refractivity contribution in [3.05, 3.63) is 54.4 Å². The topological polar surface area (TPSA) is 70.5 Å². The summed E-state index contributed by atoms with van der Waals surface area (Å²) in [5.74, 6) is 3.07. The number of methoxy groups -OCH3 is 1. The molecule has 0 saturated carbocycles. The van der Waals surface area contributed by atoms with Crippen molar-refractivity contribution in [2.45, 2.75) is 13.3 Å². The number of aryl methyl sites for hydroxylation is 1. The summed E-state index contributed by atoms with van der Waals surface area (Å²) in [5.41, 5.74) is 8.24. The zero-order valence-electron chi connectivity index (χ0n) is 14.5. The van der Waals surface area contributed by atoms with Gasteiger partial charge in [-0.3, -0.25) is 0 Å². The highest BCUT2D eigenvalue weighted by Gasteiger charge is 2.16. The Balaban J connectivity index is 1.96. The highest BCUT2D eigenvalue weighted by molar-refractivity contribution is 5.77. The van der Waals surface area contributed by atoms with E-state index < -0.39 is 0 Å². The molecule has 25 heavy (non-hydrogen) atoms. The molecule has 1 heterocycles. The van der Waals surface area contributed by atoms with Crippen LogP contribution in [0.15, 0.2) is 52.9 Å². The molecule has 0 aliphatic heterocycles. The van der Waals surface area contributed by atoms with E-state index in [-0.39, 0.29) is 0 Å². The Morgan fingerprint density at radius 3 is 2.20 bits per heavy atom. The van der Waals surface area contributed by atoms with E-state index in [2.05, 4.69) is 4.98 Å². The number of rotatable bonds is 7. The largest absolute Gasteiger partial charge is 0.497 e. The van der Waals surface area contributed by atoms with Gasteiger partial charge in [0, 0.05) is 24.1 Å². The first kappa shape index (κ1) is 17.0. The van der Waals surface area contributed by atoms with E-state index in [0.29, 0.717) is 19.0 Å². The molecule has 5 nitrogen and oxygen atoms in total. The fourth-order valence-corrected chi connectivity index (χ4v) is 2.54. The van der Waals surface area contributed by atoms with Crippen molar-refractivity contribution in [2.24, 2.45) is 5.73 Å². The van der Waals surface area contributed by atoms with Crippen LogP contribution >= 0.6 is 0 Å². The maximum absolute atomic E-state index is 5.98. The minimum absolute atomic E-state index is 0.491. The number of benzene rings is 2. The molecule has 0 bridgehead atoms. The second kappa shape index (κ2) is 7.85. The summed E-state index contributed by atoms with van der Waals surface area (Å²) >= 11 is 0. The van der Waals surface area contributed by atoms with Crippen molar-refractivity contribution in [1.29, 1.82) is 0 Å². The van der Waals surface area contributed by atoms with Gasteiger partial charge in [0.1, 0.15) is 23.8 Å². The number of oxazole rings is 1. The molecule has 0 atom stereocenters. The summed E-state index contributed by atoms with van der Waals surface area (Å²) in [6.07, 6.45) is 0.737. The lowest BCUT2D eigenvalue weighted by Crippen LogP contribution is -2.10. The van der Waals surface area contributed by atoms with E-state index in [1.807, 2.05) is 55.5 Å². The third-order valence-electron chi connectivity index (χ3n) is 3.84. The van der Waals surface area contributed by atoms with Crippen LogP contribution in [-0.2, 0) is 6.42 Å². The maximum Gasteiger partial charge on any atom is 0.195 e. The Labute approximate surface area is 147 Å². The number of nitrogens with two attached hydrogens (primary N) is 1. The van der Waals surface area contributed by atoms with Crippen LogP contribution in [0.25, 0.3) is 22.6 Å². The Morgan fingerprint density at radius 2 is 1.60 bits per heavy atom. The third-order valence-corrected chi connectivity index (χ3v) is 3.84. The van der Waals surface area contributed by atoms with Gasteiger partial charge in [-0.05, 0) is 48.5 Å². The number of nitrogens with zero attached hydrogens (tertiary/aromatic N) is 1. The molecule has 130 valence electrons. The summed E-state index contributed by atoms with van der Waals surface area (Å²) < 4.78 is 16.7. The molecule has 0 fully saturated rings. The average molecular weight is 338 g/mol. The Kier molecular flexibility index (Phi) is 5.36. The highest BCUT2D eigenvalue weighted by Crippen LogP contribution is 2.34. The molecular weight excluding hydrogens is 316 g/mol. The molecule has 0 aliphatic carbocycles. The molecule has 0 spiro atoms. The minimum Gasteiger partial charge on any atom is -0.497 e. The predicted molar refractivity (Wildman–Crippen MR) is 97.9 cm³/mol. The first-order valence-corrected chi connectivity index (χ1v) is 8.32. The quantitative estimate of drug-likeness (QED) is 0.707. The smallest absolute Gasteiger partial charge is 0.195 e. The van der Waals surface area contributed by atoms with Crippen LogP contribution in [0.4, 0.5) is 0 Å². The second-order valence-corrected chi connectivity index (χ2v) is 5.53. The van der Waals surface area contributed by atoms with Gasteiger partial charge in [-0.15, -0.1) is 0 Å². The van der Waals surface area contributed by atoms with Crippen LogP contribution in [-0.4, -0.2) is 25.2 Å². The zero-order chi connectivity index (χ0) is 17.6. The van der Waals surface area contributed by atoms with E-state index in [1.165, 1.54) is 0 Å². The van der Waals surface area contributed by atoms with Crippen molar-refractivity contribution in [3.8, 4) is 34.1 Å². The van der Waals surface area contributed by atoms with Crippen LogP contribution in [0.2, 0.25) is 0 Å². The van der Waals surface area contributed by atoms with E-state index in [4.69, 9.17) is 19.6 Å². The standard InChI is InChI=1S/C20H22N2O3/c1-3-18-22-19(14-4-8-16(23-2)9-5-14)20(25-18)15-6-10-17(11-7-15)24-13-12-21/h4-11H,3,12-13,21H2,1-2H3. The maximum atomic E-state index is 5.98. The lowest BCUT2D eigenvalue weighted by molar-refractivity contribution is 0.328. The first-order chi connectivity index (χ1) is 12.2. The highest BCUT2D eigenvalue weighted by atomic mass is 16.5. The predicted octanol–water partition coefficient (Wildman–Crippen LogP) is 3.92. The zero-order valence-corrected chi connectivity index (χ0v) is 14.5. The molecule has 0 unspecified atom stereocenters. The molecule has 0 saturated heterocycles. The molecule has 0 radical (unpaired) electrons. The second-order valence-electron chi connectivity index (χ2n) is 5.53. The number of hydrogen-bond acceptors (Lipinski definition) is 5. The fourth-order valence-electron chi connectivity index (χ4n) is 2.54. The van der Waals surface area contributed by atoms with Gasteiger partial charge < -0.3 is 19.6 Å². The summed E-state index contributed by atoms with van der Waals surface area (Å²) in [4.78, 5) is 4.65. The van der Waals surface area contributed by atoms with Gasteiger partial charge in [0.15, 0.2) is 11.7 Å². The third kappa shape index (κ3) is 3.83. The lowest BCUT2D eigenvalue weighted by Gasteiger charge is -2.06. The molecule has 1 aromatic heterocycles. The van der Waals surface area contributed by atoms with E-state index >= 15 is 0 Å². The Bertz CT molecular complexity index is 808. The summed E-state index contributed by atoms with van der Waals surface area (Å²) in [7, 11) is 1.65. The molecule has 5 heteroatoms. The first-order valence-electron chi connectivity index (χ1n) is 8.32. The molecule has 0 amide bonds. The van der Waals surface area contributed by atoms with Crippen molar-refractivity contribution in [2.75, 3.05) is 20.3 Å². The van der Waals surface area contributed by atoms with Crippen molar-refractivity contribution >= 4 is 0 Å². The minimum atomic E-state index is 0.491. The van der Waals surface area contributed by atoms with Gasteiger partial charge in [0.2, 0.25) is 0 Å². The van der Waals surface area contributed by atoms with Gasteiger partial charge in [-0.1, -0.05) is 6.92 Å². The molecule has 2 aromatic carbocycles. The van der Waals surface area contributed by atoms with Gasteiger partial charge in [-0.25, -0.2) is 4.98 Å². The van der Waals surface area contributed by atoms with Crippen molar-refractivity contribution in [3.63, 3.8) is 0 Å². The number of hydrogen-bond donors (Lipinski definition) is 1. The van der Waals surface area contributed by atoms with Gasteiger partial charge in [0.05, 0.1) is 7.11 Å². The van der Waals surface area contributed by atoms with E-state index in [0.717, 1.165) is 40.5 Å². The molecule has 2 N–H and O–H groups in total. The van der Waals surface area contributed by atoms with Gasteiger partial charge in [0.25, 0.3) is 0 Å². The van der Waals surface area contributed by atoms with Crippen molar-refractivity contribution < 1.29 is 13.9 Å². The van der Waals surface area contributed by atoms with Crippen LogP contribution in [0, 0.1) is 0 Å². The summed E-state index contributed by atoms with van der Waals surface area (Å²) in [6.45, 7) is 3.02. The molecule has 3 rings (SSSR count). The van der Waals surface area contributed by atoms with E-state index in [9.17, 15) is 0 Å². The molecular formula is C20H22N2O3. The normalized spacial score (nSPS) is 10.7. The Hall–Kier alpha value is -2.79.